The maximum Gasteiger partial charge on any atom is 0.342 e. The molecule has 0 aromatic heterocycles. The van der Waals surface area contributed by atoms with Gasteiger partial charge in [0.1, 0.15) is 17.4 Å². The molecule has 0 fully saturated rings. The van der Waals surface area contributed by atoms with Crippen LogP contribution in [0.3, 0.4) is 0 Å². The number of ketones is 1. The molecule has 1 atom stereocenters. The van der Waals surface area contributed by atoms with Crippen molar-refractivity contribution in [3.63, 3.8) is 0 Å². The van der Waals surface area contributed by atoms with Gasteiger partial charge in [-0.3, -0.25) is 4.79 Å². The van der Waals surface area contributed by atoms with Crippen LogP contribution in [-0.2, 0) is 16.0 Å². The van der Waals surface area contributed by atoms with Crippen LogP contribution in [-0.4, -0.2) is 35.2 Å². The molecule has 0 saturated carbocycles. The Kier molecular flexibility index (Phi) is 10.2. The van der Waals surface area contributed by atoms with Crippen molar-refractivity contribution >= 4 is 17.4 Å². The first-order valence-electron chi connectivity index (χ1n) is 9.47. The molecule has 0 bridgehead atoms. The van der Waals surface area contributed by atoms with Gasteiger partial charge in [0.2, 0.25) is 0 Å². The van der Waals surface area contributed by atoms with Gasteiger partial charge in [0, 0.05) is 25.3 Å². The Morgan fingerprint density at radius 1 is 1.19 bits per heavy atom. The van der Waals surface area contributed by atoms with Gasteiger partial charge in [-0.2, -0.15) is 0 Å². The number of ether oxygens (including phenoxy) is 1. The highest BCUT2D eigenvalue weighted by Gasteiger charge is 2.23. The summed E-state index contributed by atoms with van der Waals surface area (Å²) in [6.45, 7) is 2.05. The highest BCUT2D eigenvalue weighted by molar-refractivity contribution is 5.98. The molecular weight excluding hydrogens is 346 g/mol. The van der Waals surface area contributed by atoms with Crippen molar-refractivity contribution in [2.45, 2.75) is 64.4 Å². The number of allylic oxidation sites excluding steroid dienone is 2. The summed E-state index contributed by atoms with van der Waals surface area (Å²) >= 11 is 0. The van der Waals surface area contributed by atoms with Crippen molar-refractivity contribution in [3.05, 3.63) is 35.4 Å². The lowest BCUT2D eigenvalue weighted by molar-refractivity contribution is -0.114. The summed E-state index contributed by atoms with van der Waals surface area (Å²) in [5.41, 5.74) is 6.54. The maximum absolute atomic E-state index is 12.6. The lowest BCUT2D eigenvalue weighted by Gasteiger charge is -2.19. The van der Waals surface area contributed by atoms with Crippen LogP contribution in [0.4, 0.5) is 5.69 Å². The summed E-state index contributed by atoms with van der Waals surface area (Å²) in [5, 5.41) is 17.2. The number of rotatable bonds is 2. The number of nitrogens with two attached hydrogens (primary N) is 1. The Balaban J connectivity index is 0.00000176. The number of nitrogen functional groups attached to an aromatic ring is 1. The molecule has 0 unspecified atom stereocenters. The number of aliphatic hydroxyl groups excluding tert-OH is 1. The summed E-state index contributed by atoms with van der Waals surface area (Å²) in [4.78, 5) is 24.8. The molecule has 6 heteroatoms. The monoisotopic (exact) mass is 377 g/mol. The van der Waals surface area contributed by atoms with Gasteiger partial charge in [0.15, 0.2) is 5.78 Å². The zero-order valence-corrected chi connectivity index (χ0v) is 16.2. The number of anilines is 1. The third kappa shape index (κ3) is 7.43. The van der Waals surface area contributed by atoms with E-state index in [0.717, 1.165) is 52.1 Å². The number of aromatic hydroxyl groups is 1. The minimum absolute atomic E-state index is 0.0119. The largest absolute Gasteiger partial charge is 0.507 e. The Bertz CT molecular complexity index is 654. The van der Waals surface area contributed by atoms with E-state index < -0.39 is 5.97 Å². The van der Waals surface area contributed by atoms with Gasteiger partial charge in [0.05, 0.1) is 0 Å². The van der Waals surface area contributed by atoms with Crippen molar-refractivity contribution in [1.82, 2.24) is 0 Å². The van der Waals surface area contributed by atoms with Crippen LogP contribution < -0.4 is 5.73 Å². The van der Waals surface area contributed by atoms with Crippen molar-refractivity contribution in [2.24, 2.45) is 0 Å². The predicted molar refractivity (Wildman–Crippen MR) is 106 cm³/mol. The number of fused-ring (bicyclic) bond motifs is 1. The molecule has 1 aromatic rings. The summed E-state index contributed by atoms with van der Waals surface area (Å²) in [6.07, 6.45) is 9.66. The standard InChI is InChI=1S/C20H27NO4.CH4O/c1-2-8-17-10-7-5-3-4-6-9-16(22)12-14-11-15(21)13-18(23)19(14)20(24)25-17;1-2/h6,9,11,13,17,23H,2-5,7-8,10,12,21H2,1H3;2H,1H3/b9-6+;/t17-;/m1./s1. The second-order valence-electron chi connectivity index (χ2n) is 6.57. The lowest BCUT2D eigenvalue weighted by atomic mass is 9.99. The third-order valence-corrected chi connectivity index (χ3v) is 4.38. The number of esters is 1. The van der Waals surface area contributed by atoms with Crippen LogP contribution in [0, 0.1) is 0 Å². The molecule has 0 radical (unpaired) electrons. The number of hydrogen-bond donors (Lipinski definition) is 3. The minimum atomic E-state index is -0.584. The Morgan fingerprint density at radius 2 is 1.93 bits per heavy atom. The van der Waals surface area contributed by atoms with Crippen molar-refractivity contribution in [1.29, 1.82) is 0 Å². The van der Waals surface area contributed by atoms with Crippen LogP contribution in [0.25, 0.3) is 0 Å². The quantitative estimate of drug-likeness (QED) is 0.537. The first-order valence-corrected chi connectivity index (χ1v) is 9.47. The average Bonchev–Trinajstić information content (AvgIpc) is 2.61. The third-order valence-electron chi connectivity index (χ3n) is 4.38. The van der Waals surface area contributed by atoms with Crippen LogP contribution in [0.2, 0.25) is 0 Å². The molecule has 27 heavy (non-hydrogen) atoms. The lowest BCUT2D eigenvalue weighted by Crippen LogP contribution is -2.20. The fraction of sp³-hybridized carbons (Fsp3) is 0.524. The Morgan fingerprint density at radius 3 is 2.63 bits per heavy atom. The van der Waals surface area contributed by atoms with Crippen LogP contribution in [0.1, 0.15) is 67.8 Å². The second kappa shape index (κ2) is 12.1. The van der Waals surface area contributed by atoms with Gasteiger partial charge in [-0.05, 0) is 49.8 Å². The predicted octanol–water partition coefficient (Wildman–Crippen LogP) is 3.54. The molecule has 6 nitrogen and oxygen atoms in total. The molecular formula is C21H31NO5. The van der Waals surface area contributed by atoms with Gasteiger partial charge in [-0.25, -0.2) is 4.79 Å². The zero-order chi connectivity index (χ0) is 20.2. The van der Waals surface area contributed by atoms with E-state index >= 15 is 0 Å². The van der Waals surface area contributed by atoms with E-state index in [-0.39, 0.29) is 29.6 Å². The summed E-state index contributed by atoms with van der Waals surface area (Å²) in [6, 6.07) is 2.88. The summed E-state index contributed by atoms with van der Waals surface area (Å²) in [5.74, 6) is -0.944. The average molecular weight is 377 g/mol. The van der Waals surface area contributed by atoms with Crippen LogP contribution in [0.5, 0.6) is 5.75 Å². The molecule has 0 amide bonds. The molecule has 2 rings (SSSR count). The normalized spacial score (nSPS) is 19.7. The van der Waals surface area contributed by atoms with Crippen molar-refractivity contribution < 1.29 is 24.5 Å². The number of phenols is 1. The Labute approximate surface area is 161 Å². The van der Waals surface area contributed by atoms with Gasteiger partial charge >= 0.3 is 5.97 Å². The van der Waals surface area contributed by atoms with E-state index in [1.807, 2.05) is 6.08 Å². The highest BCUT2D eigenvalue weighted by atomic mass is 16.5. The molecule has 1 heterocycles. The zero-order valence-electron chi connectivity index (χ0n) is 16.2. The van der Waals surface area contributed by atoms with Gasteiger partial charge in [-0.1, -0.05) is 25.8 Å². The molecule has 1 aromatic carbocycles. The number of carbonyl (C=O) groups excluding carboxylic acids is 2. The van der Waals surface area contributed by atoms with Crippen molar-refractivity contribution in [3.8, 4) is 5.75 Å². The minimum Gasteiger partial charge on any atom is -0.507 e. The topological polar surface area (TPSA) is 110 Å². The molecule has 0 saturated heterocycles. The van der Waals surface area contributed by atoms with Crippen molar-refractivity contribution in [2.75, 3.05) is 12.8 Å². The van der Waals surface area contributed by atoms with Gasteiger partial charge < -0.3 is 20.7 Å². The van der Waals surface area contributed by atoms with Gasteiger partial charge in [0.25, 0.3) is 0 Å². The fourth-order valence-electron chi connectivity index (χ4n) is 3.15. The Hall–Kier alpha value is -2.34. The van der Waals surface area contributed by atoms with E-state index in [1.165, 1.54) is 6.07 Å². The maximum atomic E-state index is 12.6. The van der Waals surface area contributed by atoms with Crippen LogP contribution in [0.15, 0.2) is 24.3 Å². The SMILES string of the molecule is CCC[C@@H]1CCCCC/C=C/C(=O)Cc2cc(N)cc(O)c2C(=O)O1.CO. The van der Waals surface area contributed by atoms with Crippen LogP contribution >= 0.6 is 0 Å². The molecule has 0 aliphatic carbocycles. The van der Waals surface area contributed by atoms with Gasteiger partial charge in [-0.15, -0.1) is 0 Å². The molecule has 4 N–H and O–H groups in total. The number of hydrogen-bond acceptors (Lipinski definition) is 6. The second-order valence-corrected chi connectivity index (χ2v) is 6.57. The highest BCUT2D eigenvalue weighted by Crippen LogP contribution is 2.28. The van der Waals surface area contributed by atoms with E-state index in [2.05, 4.69) is 6.92 Å². The number of aliphatic hydroxyl groups is 1. The molecule has 1 aliphatic heterocycles. The molecule has 0 spiro atoms. The molecule has 150 valence electrons. The fourth-order valence-corrected chi connectivity index (χ4v) is 3.15. The smallest absolute Gasteiger partial charge is 0.342 e. The summed E-state index contributed by atoms with van der Waals surface area (Å²) in [7, 11) is 1.00. The number of carbonyl (C=O) groups is 2. The van der Waals surface area contributed by atoms with E-state index in [9.17, 15) is 14.7 Å². The molecule has 1 aliphatic rings. The number of benzene rings is 1. The number of cyclic esters (lactones) is 1. The number of phenolic OH excluding ortho intramolecular Hbond substituents is 1. The van der Waals surface area contributed by atoms with E-state index in [1.54, 1.807) is 12.1 Å². The van der Waals surface area contributed by atoms with E-state index in [4.69, 9.17) is 15.6 Å². The van der Waals surface area contributed by atoms with E-state index in [0.29, 0.717) is 11.3 Å². The first-order chi connectivity index (χ1) is 13.0. The summed E-state index contributed by atoms with van der Waals surface area (Å²) < 4.78 is 5.65. The first kappa shape index (κ1) is 22.7.